The lowest BCUT2D eigenvalue weighted by Gasteiger charge is -2.09. The summed E-state index contributed by atoms with van der Waals surface area (Å²) in [7, 11) is 0. The zero-order valence-electron chi connectivity index (χ0n) is 11.3. The minimum Gasteiger partial charge on any atom is -0.480 e. The van der Waals surface area contributed by atoms with Gasteiger partial charge in [0.2, 0.25) is 0 Å². The predicted octanol–water partition coefficient (Wildman–Crippen LogP) is 1.13. The van der Waals surface area contributed by atoms with Gasteiger partial charge in [-0.3, -0.25) is 10.1 Å². The highest BCUT2D eigenvalue weighted by molar-refractivity contribution is 5.90. The lowest BCUT2D eigenvalue weighted by molar-refractivity contribution is -0.384. The zero-order valence-corrected chi connectivity index (χ0v) is 11.3. The van der Waals surface area contributed by atoms with Crippen molar-refractivity contribution < 1.29 is 24.4 Å². The monoisotopic (exact) mass is 297 g/mol. The number of carboxylic acids is 1. The van der Waals surface area contributed by atoms with E-state index in [1.807, 2.05) is 0 Å². The van der Waals surface area contributed by atoms with Gasteiger partial charge in [-0.1, -0.05) is 0 Å². The second-order valence-corrected chi connectivity index (χ2v) is 4.08. The van der Waals surface area contributed by atoms with E-state index in [1.165, 1.54) is 18.2 Å². The molecule has 0 atom stereocenters. The van der Waals surface area contributed by atoms with Crippen LogP contribution in [0.3, 0.4) is 0 Å². The van der Waals surface area contributed by atoms with Crippen LogP contribution in [0.15, 0.2) is 18.2 Å². The summed E-state index contributed by atoms with van der Waals surface area (Å²) in [5.74, 6) is -1.08. The number of benzene rings is 1. The van der Waals surface area contributed by atoms with Crippen LogP contribution >= 0.6 is 0 Å². The molecule has 9 nitrogen and oxygen atoms in total. The van der Waals surface area contributed by atoms with E-state index in [2.05, 4.69) is 10.6 Å². The molecular weight excluding hydrogens is 282 g/mol. The molecule has 0 fully saturated rings. The topological polar surface area (TPSA) is 131 Å². The minimum absolute atomic E-state index is 0.0551. The van der Waals surface area contributed by atoms with Crippen LogP contribution in [0.4, 0.5) is 16.2 Å². The number of non-ortho nitro benzene ring substituents is 1. The summed E-state index contributed by atoms with van der Waals surface area (Å²) in [6.45, 7) is 1.42. The van der Waals surface area contributed by atoms with Gasteiger partial charge in [-0.2, -0.15) is 0 Å². The van der Waals surface area contributed by atoms with Crippen LogP contribution in [0.5, 0.6) is 0 Å². The second kappa shape index (κ2) is 7.80. The van der Waals surface area contributed by atoms with E-state index in [0.717, 1.165) is 0 Å². The molecule has 0 spiro atoms. The Bertz CT molecular complexity index is 546. The van der Waals surface area contributed by atoms with Gasteiger partial charge in [0.15, 0.2) is 0 Å². The highest BCUT2D eigenvalue weighted by Gasteiger charge is 2.09. The molecule has 3 N–H and O–H groups in total. The summed E-state index contributed by atoms with van der Waals surface area (Å²) in [5.41, 5.74) is 0.951. The number of hydrogen-bond acceptors (Lipinski definition) is 5. The summed E-state index contributed by atoms with van der Waals surface area (Å²) in [5, 5.41) is 23.9. The Balaban J connectivity index is 2.41. The van der Waals surface area contributed by atoms with Crippen molar-refractivity contribution in [1.82, 2.24) is 5.32 Å². The molecule has 0 aliphatic heterocycles. The normalized spacial score (nSPS) is 9.95. The van der Waals surface area contributed by atoms with Crippen LogP contribution in [-0.4, -0.2) is 41.8 Å². The second-order valence-electron chi connectivity index (χ2n) is 4.08. The SMILES string of the molecule is Cc1cc([N+](=O)[O-])ccc1NC(=O)NCCOCC(=O)O. The number of urea groups is 1. The average Bonchev–Trinajstić information content (AvgIpc) is 2.40. The number of nitrogens with one attached hydrogen (secondary N) is 2. The predicted molar refractivity (Wildman–Crippen MR) is 73.3 cm³/mol. The lowest BCUT2D eigenvalue weighted by atomic mass is 10.2. The number of aryl methyl sites for hydroxylation is 1. The fourth-order valence-electron chi connectivity index (χ4n) is 1.46. The van der Waals surface area contributed by atoms with Crippen molar-refractivity contribution >= 4 is 23.4 Å². The summed E-state index contributed by atoms with van der Waals surface area (Å²) in [4.78, 5) is 31.8. The van der Waals surface area contributed by atoms with Crippen LogP contribution < -0.4 is 10.6 Å². The number of amides is 2. The molecule has 0 heterocycles. The molecule has 9 heteroatoms. The standard InChI is InChI=1S/C12H15N3O6/c1-8-6-9(15(19)20)2-3-10(8)14-12(18)13-4-5-21-7-11(16)17/h2-3,6H,4-5,7H2,1H3,(H,16,17)(H2,13,14,18). The molecule has 0 aliphatic carbocycles. The van der Waals surface area contributed by atoms with Crippen LogP contribution in [0.1, 0.15) is 5.56 Å². The maximum Gasteiger partial charge on any atom is 0.329 e. The Hall–Kier alpha value is -2.68. The molecule has 0 aliphatic rings. The number of carboxylic acid groups (broad SMARTS) is 1. The first-order valence-electron chi connectivity index (χ1n) is 5.99. The molecule has 0 radical (unpaired) electrons. The largest absolute Gasteiger partial charge is 0.480 e. The van der Waals surface area contributed by atoms with Crippen molar-refractivity contribution in [3.8, 4) is 0 Å². The highest BCUT2D eigenvalue weighted by Crippen LogP contribution is 2.20. The van der Waals surface area contributed by atoms with Crippen molar-refractivity contribution in [2.24, 2.45) is 0 Å². The van der Waals surface area contributed by atoms with Crippen molar-refractivity contribution in [2.45, 2.75) is 6.92 Å². The lowest BCUT2D eigenvalue weighted by Crippen LogP contribution is -2.32. The van der Waals surface area contributed by atoms with E-state index in [0.29, 0.717) is 11.3 Å². The maximum atomic E-state index is 11.6. The van der Waals surface area contributed by atoms with E-state index in [-0.39, 0.29) is 18.8 Å². The van der Waals surface area contributed by atoms with Gasteiger partial charge in [-0.05, 0) is 18.6 Å². The number of nitro benzene ring substituents is 1. The average molecular weight is 297 g/mol. The Morgan fingerprint density at radius 1 is 1.43 bits per heavy atom. The van der Waals surface area contributed by atoms with Crippen molar-refractivity contribution in [2.75, 3.05) is 25.1 Å². The Morgan fingerprint density at radius 3 is 2.71 bits per heavy atom. The number of aliphatic carboxylic acids is 1. The van der Waals surface area contributed by atoms with Gasteiger partial charge in [0.25, 0.3) is 5.69 Å². The third-order valence-corrected chi connectivity index (χ3v) is 2.43. The van der Waals surface area contributed by atoms with E-state index in [1.54, 1.807) is 6.92 Å². The first-order valence-corrected chi connectivity index (χ1v) is 5.99. The molecule has 2 amide bonds. The van der Waals surface area contributed by atoms with Gasteiger partial charge < -0.3 is 20.5 Å². The number of carbonyl (C=O) groups is 2. The van der Waals surface area contributed by atoms with Crippen LogP contribution in [0, 0.1) is 17.0 Å². The van der Waals surface area contributed by atoms with Gasteiger partial charge in [0.05, 0.1) is 11.5 Å². The van der Waals surface area contributed by atoms with Crippen LogP contribution in [0.2, 0.25) is 0 Å². The number of nitro groups is 1. The van der Waals surface area contributed by atoms with E-state index in [9.17, 15) is 19.7 Å². The van der Waals surface area contributed by atoms with Crippen LogP contribution in [0.25, 0.3) is 0 Å². The molecule has 114 valence electrons. The third-order valence-electron chi connectivity index (χ3n) is 2.43. The van der Waals surface area contributed by atoms with E-state index in [4.69, 9.17) is 9.84 Å². The number of ether oxygens (including phenoxy) is 1. The Kier molecular flexibility index (Phi) is 6.08. The molecule has 1 rings (SSSR count). The minimum atomic E-state index is -1.08. The number of anilines is 1. The summed E-state index contributed by atoms with van der Waals surface area (Å²) in [6.07, 6.45) is 0. The van der Waals surface area contributed by atoms with Crippen molar-refractivity contribution in [3.05, 3.63) is 33.9 Å². The first kappa shape index (κ1) is 16.4. The smallest absolute Gasteiger partial charge is 0.329 e. The van der Waals surface area contributed by atoms with Crippen molar-refractivity contribution in [1.29, 1.82) is 0 Å². The first-order chi connectivity index (χ1) is 9.90. The molecule has 21 heavy (non-hydrogen) atoms. The quantitative estimate of drug-likeness (QED) is 0.393. The van der Waals surface area contributed by atoms with Gasteiger partial charge >= 0.3 is 12.0 Å². The number of rotatable bonds is 7. The fourth-order valence-corrected chi connectivity index (χ4v) is 1.46. The number of hydrogen-bond donors (Lipinski definition) is 3. The van der Waals surface area contributed by atoms with Gasteiger partial charge in [0, 0.05) is 24.4 Å². The molecule has 0 saturated carbocycles. The van der Waals surface area contributed by atoms with E-state index < -0.39 is 23.5 Å². The van der Waals surface area contributed by atoms with Gasteiger partial charge in [-0.15, -0.1) is 0 Å². The van der Waals surface area contributed by atoms with E-state index >= 15 is 0 Å². The molecule has 1 aromatic carbocycles. The molecule has 0 saturated heterocycles. The maximum absolute atomic E-state index is 11.6. The summed E-state index contributed by atoms with van der Waals surface area (Å²) in [6, 6.07) is 3.57. The number of nitrogens with zero attached hydrogens (tertiary/aromatic N) is 1. The molecule has 0 unspecified atom stereocenters. The highest BCUT2D eigenvalue weighted by atomic mass is 16.6. The number of carbonyl (C=O) groups excluding carboxylic acids is 1. The van der Waals surface area contributed by atoms with Gasteiger partial charge in [-0.25, -0.2) is 9.59 Å². The van der Waals surface area contributed by atoms with Crippen LogP contribution in [-0.2, 0) is 9.53 Å². The fraction of sp³-hybridized carbons (Fsp3) is 0.333. The molecular formula is C12H15N3O6. The van der Waals surface area contributed by atoms with Crippen molar-refractivity contribution in [3.63, 3.8) is 0 Å². The third kappa shape index (κ3) is 5.87. The zero-order chi connectivity index (χ0) is 15.8. The Labute approximate surface area is 120 Å². The van der Waals surface area contributed by atoms with Gasteiger partial charge in [0.1, 0.15) is 6.61 Å². The molecule has 0 aromatic heterocycles. The molecule has 1 aromatic rings. The summed E-state index contributed by atoms with van der Waals surface area (Å²) >= 11 is 0. The molecule has 0 bridgehead atoms. The Morgan fingerprint density at radius 2 is 2.14 bits per heavy atom. The summed E-state index contributed by atoms with van der Waals surface area (Å²) < 4.78 is 4.74.